The molecule has 0 aromatic carbocycles. The zero-order valence-corrected chi connectivity index (χ0v) is 6.87. The molecule has 0 radical (unpaired) electrons. The van der Waals surface area contributed by atoms with Crippen LogP contribution in [-0.2, 0) is 4.79 Å². The lowest BCUT2D eigenvalue weighted by Gasteiger charge is -1.95. The number of nitrogens with one attached hydrogen (secondary N) is 1. The minimum atomic E-state index is -0.204. The van der Waals surface area contributed by atoms with E-state index in [-0.39, 0.29) is 5.91 Å². The fourth-order valence-electron chi connectivity index (χ4n) is 0.439. The predicted octanol–water partition coefficient (Wildman–Crippen LogP) is 0.446. The fraction of sp³-hybridized carbons (Fsp3) is 0.571. The second-order valence-electron chi connectivity index (χ2n) is 1.71. The molecule has 56 valence electrons. The third-order valence-electron chi connectivity index (χ3n) is 0.859. The van der Waals surface area contributed by atoms with Gasteiger partial charge in [0.05, 0.1) is 0 Å². The Balaban J connectivity index is 3.28. The Hall–Kier alpha value is -0.620. The first-order valence-electron chi connectivity index (χ1n) is 3.12. The van der Waals surface area contributed by atoms with Gasteiger partial charge in [-0.1, -0.05) is 5.92 Å². The second-order valence-corrected chi connectivity index (χ2v) is 2.16. The van der Waals surface area contributed by atoms with E-state index < -0.39 is 0 Å². The van der Waals surface area contributed by atoms with Gasteiger partial charge in [0.1, 0.15) is 0 Å². The van der Waals surface area contributed by atoms with Gasteiger partial charge in [-0.05, 0) is 25.0 Å². The molecule has 0 rings (SSSR count). The highest BCUT2D eigenvalue weighted by Crippen LogP contribution is 1.79. The largest absolute Gasteiger partial charge is 0.345 e. The molecule has 2 nitrogen and oxygen atoms in total. The molecule has 0 aliphatic rings. The van der Waals surface area contributed by atoms with Crippen molar-refractivity contribution in [1.29, 1.82) is 0 Å². The molecule has 3 heteroatoms. The molecule has 0 aromatic rings. The molecule has 0 saturated heterocycles. The maximum absolute atomic E-state index is 10.6. The molecule has 0 unspecified atom stereocenters. The number of carbonyl (C=O) groups is 1. The van der Waals surface area contributed by atoms with Gasteiger partial charge in [0.2, 0.25) is 0 Å². The topological polar surface area (TPSA) is 29.1 Å². The van der Waals surface area contributed by atoms with Crippen LogP contribution in [0.2, 0.25) is 0 Å². The molecule has 1 N–H and O–H groups in total. The van der Waals surface area contributed by atoms with E-state index in [1.54, 1.807) is 6.92 Å². The zero-order valence-electron chi connectivity index (χ0n) is 5.98. The highest BCUT2D eigenvalue weighted by atomic mass is 32.1. The van der Waals surface area contributed by atoms with Crippen LogP contribution in [0.15, 0.2) is 0 Å². The second kappa shape index (κ2) is 6.50. The average Bonchev–Trinajstić information content (AvgIpc) is 1.89. The Labute approximate surface area is 66.8 Å². The predicted molar refractivity (Wildman–Crippen MR) is 44.9 cm³/mol. The smallest absolute Gasteiger partial charge is 0.295 e. The molecule has 1 amide bonds. The molecule has 0 bridgehead atoms. The summed E-state index contributed by atoms with van der Waals surface area (Å²) in [6.07, 6.45) is 0.889. The summed E-state index contributed by atoms with van der Waals surface area (Å²) in [7, 11) is 0. The molecule has 0 fully saturated rings. The summed E-state index contributed by atoms with van der Waals surface area (Å²) in [6.45, 7) is 2.30. The van der Waals surface area contributed by atoms with Crippen molar-refractivity contribution in [2.24, 2.45) is 0 Å². The lowest BCUT2D eigenvalue weighted by Crippen LogP contribution is -2.22. The lowest BCUT2D eigenvalue weighted by molar-refractivity contribution is -0.115. The SMILES string of the molecule is CC#CC(=O)NCCCS. The molecule has 10 heavy (non-hydrogen) atoms. The van der Waals surface area contributed by atoms with Gasteiger partial charge in [-0.25, -0.2) is 0 Å². The molecule has 0 aliphatic carbocycles. The number of carbonyl (C=O) groups excluding carboxylic acids is 1. The molecule has 0 spiro atoms. The van der Waals surface area contributed by atoms with Gasteiger partial charge in [-0.3, -0.25) is 4.79 Å². The normalized spacial score (nSPS) is 7.80. The van der Waals surface area contributed by atoms with Crippen molar-refractivity contribution in [3.63, 3.8) is 0 Å². The van der Waals surface area contributed by atoms with Gasteiger partial charge in [0.25, 0.3) is 5.91 Å². The zero-order chi connectivity index (χ0) is 7.82. The first-order valence-corrected chi connectivity index (χ1v) is 3.76. The summed E-state index contributed by atoms with van der Waals surface area (Å²) in [5, 5.41) is 2.62. The molecule has 0 aliphatic heterocycles. The summed E-state index contributed by atoms with van der Waals surface area (Å²) in [5.74, 6) is 5.48. The first kappa shape index (κ1) is 9.38. The Bertz CT molecular complexity index is 157. The molecular weight excluding hydrogens is 146 g/mol. The Morgan fingerprint density at radius 2 is 2.40 bits per heavy atom. The van der Waals surface area contributed by atoms with Gasteiger partial charge in [-0.15, -0.1) is 0 Å². The number of hydrogen-bond acceptors (Lipinski definition) is 2. The van der Waals surface area contributed by atoms with Crippen molar-refractivity contribution in [3.05, 3.63) is 0 Å². The number of amides is 1. The van der Waals surface area contributed by atoms with Crippen LogP contribution in [0.25, 0.3) is 0 Å². The van der Waals surface area contributed by atoms with E-state index in [0.717, 1.165) is 12.2 Å². The minimum Gasteiger partial charge on any atom is -0.345 e. The van der Waals surface area contributed by atoms with Crippen molar-refractivity contribution in [2.75, 3.05) is 12.3 Å². The number of thiol groups is 1. The van der Waals surface area contributed by atoms with Crippen LogP contribution >= 0.6 is 12.6 Å². The monoisotopic (exact) mass is 157 g/mol. The molecule has 0 saturated carbocycles. The van der Waals surface area contributed by atoms with Crippen molar-refractivity contribution >= 4 is 18.5 Å². The van der Waals surface area contributed by atoms with Crippen LogP contribution in [0.1, 0.15) is 13.3 Å². The fourth-order valence-corrected chi connectivity index (χ4v) is 0.597. The van der Waals surface area contributed by atoms with E-state index in [1.807, 2.05) is 0 Å². The summed E-state index contributed by atoms with van der Waals surface area (Å²) in [4.78, 5) is 10.6. The van der Waals surface area contributed by atoms with Crippen molar-refractivity contribution in [3.8, 4) is 11.8 Å². The van der Waals surface area contributed by atoms with Crippen LogP contribution in [0.3, 0.4) is 0 Å². The Morgan fingerprint density at radius 1 is 1.70 bits per heavy atom. The van der Waals surface area contributed by atoms with E-state index in [9.17, 15) is 4.79 Å². The van der Waals surface area contributed by atoms with Crippen LogP contribution < -0.4 is 5.32 Å². The number of hydrogen-bond donors (Lipinski definition) is 2. The van der Waals surface area contributed by atoms with Gasteiger partial charge in [-0.2, -0.15) is 12.6 Å². The van der Waals surface area contributed by atoms with Crippen LogP contribution in [0.4, 0.5) is 0 Å². The Kier molecular flexibility index (Phi) is 6.10. The van der Waals surface area contributed by atoms with Gasteiger partial charge < -0.3 is 5.32 Å². The summed E-state index contributed by atoms with van der Waals surface area (Å²) in [6, 6.07) is 0. The summed E-state index contributed by atoms with van der Waals surface area (Å²) < 4.78 is 0. The quantitative estimate of drug-likeness (QED) is 0.347. The molecule has 0 aromatic heterocycles. The highest BCUT2D eigenvalue weighted by molar-refractivity contribution is 7.80. The Morgan fingerprint density at radius 3 is 2.90 bits per heavy atom. The van der Waals surface area contributed by atoms with E-state index in [4.69, 9.17) is 0 Å². The molecule has 0 heterocycles. The van der Waals surface area contributed by atoms with E-state index in [2.05, 4.69) is 29.8 Å². The van der Waals surface area contributed by atoms with E-state index in [0.29, 0.717) is 6.54 Å². The van der Waals surface area contributed by atoms with Crippen molar-refractivity contribution in [2.45, 2.75) is 13.3 Å². The van der Waals surface area contributed by atoms with Crippen LogP contribution in [-0.4, -0.2) is 18.2 Å². The van der Waals surface area contributed by atoms with E-state index >= 15 is 0 Å². The minimum absolute atomic E-state index is 0.204. The standard InChI is InChI=1S/C7H11NOS/c1-2-4-7(9)8-5-3-6-10/h10H,3,5-6H2,1H3,(H,8,9). The maximum Gasteiger partial charge on any atom is 0.295 e. The number of rotatable bonds is 3. The van der Waals surface area contributed by atoms with Crippen LogP contribution in [0.5, 0.6) is 0 Å². The lowest BCUT2D eigenvalue weighted by atomic mass is 10.4. The van der Waals surface area contributed by atoms with Gasteiger partial charge in [0.15, 0.2) is 0 Å². The summed E-state index contributed by atoms with van der Waals surface area (Å²) in [5.41, 5.74) is 0. The van der Waals surface area contributed by atoms with Gasteiger partial charge in [0, 0.05) is 6.54 Å². The third kappa shape index (κ3) is 5.52. The van der Waals surface area contributed by atoms with Gasteiger partial charge >= 0.3 is 0 Å². The first-order chi connectivity index (χ1) is 4.81. The third-order valence-corrected chi connectivity index (χ3v) is 1.18. The van der Waals surface area contributed by atoms with Crippen molar-refractivity contribution in [1.82, 2.24) is 5.32 Å². The van der Waals surface area contributed by atoms with Crippen LogP contribution in [0, 0.1) is 11.8 Å². The maximum atomic E-state index is 10.6. The van der Waals surface area contributed by atoms with Crippen molar-refractivity contribution < 1.29 is 4.79 Å². The van der Waals surface area contributed by atoms with E-state index in [1.165, 1.54) is 0 Å². The molecule has 0 atom stereocenters. The molecular formula is C7H11NOS. The highest BCUT2D eigenvalue weighted by Gasteiger charge is 1.90. The average molecular weight is 157 g/mol. The summed E-state index contributed by atoms with van der Waals surface area (Å²) >= 11 is 3.99.